The molecule has 2 aromatic carbocycles. The fourth-order valence-electron chi connectivity index (χ4n) is 2.60. The Balaban J connectivity index is 1.75. The number of nitrogens with one attached hydrogen (secondary N) is 2. The second kappa shape index (κ2) is 7.86. The molecule has 1 aliphatic carbocycles. The molecular formula is C18H18ClN3O5S. The summed E-state index contributed by atoms with van der Waals surface area (Å²) in [7, 11) is -4.02. The Kier molecular flexibility index (Phi) is 5.69. The SMILES string of the molecule is Cc1c(Cl)cc(S(=O)(=O)NCc2cccc(NC(=O)C3CC3)c2)cc1[N+](=O)[O-]. The van der Waals surface area contributed by atoms with Crippen LogP contribution in [-0.2, 0) is 21.4 Å². The zero-order valence-corrected chi connectivity index (χ0v) is 16.5. The van der Waals surface area contributed by atoms with E-state index in [1.54, 1.807) is 24.3 Å². The van der Waals surface area contributed by atoms with Crippen molar-refractivity contribution in [2.24, 2.45) is 5.92 Å². The van der Waals surface area contributed by atoms with Crippen LogP contribution in [0.3, 0.4) is 0 Å². The minimum atomic E-state index is -4.02. The number of sulfonamides is 1. The summed E-state index contributed by atoms with van der Waals surface area (Å²) in [6, 6.07) is 8.97. The molecular weight excluding hydrogens is 406 g/mol. The number of nitrogens with zero attached hydrogens (tertiary/aromatic N) is 1. The number of hydrogen-bond acceptors (Lipinski definition) is 5. The maximum absolute atomic E-state index is 12.5. The van der Waals surface area contributed by atoms with Crippen molar-refractivity contribution in [2.75, 3.05) is 5.32 Å². The molecule has 0 heterocycles. The Morgan fingerprint density at radius 3 is 2.64 bits per heavy atom. The van der Waals surface area contributed by atoms with Gasteiger partial charge in [-0.3, -0.25) is 14.9 Å². The third-order valence-corrected chi connectivity index (χ3v) is 6.18. The fraction of sp³-hybridized carbons (Fsp3) is 0.278. The Hall–Kier alpha value is -2.49. The standard InChI is InChI=1S/C18H18ClN3O5S/c1-11-16(19)8-15(9-17(11)22(24)25)28(26,27)20-10-12-3-2-4-14(7-12)21-18(23)13-5-6-13/h2-4,7-9,13,20H,5-6,10H2,1H3,(H,21,23). The topological polar surface area (TPSA) is 118 Å². The lowest BCUT2D eigenvalue weighted by Crippen LogP contribution is -2.23. The van der Waals surface area contributed by atoms with Crippen molar-refractivity contribution in [3.05, 3.63) is 62.7 Å². The van der Waals surface area contributed by atoms with Crippen LogP contribution in [-0.4, -0.2) is 19.2 Å². The molecule has 2 N–H and O–H groups in total. The van der Waals surface area contributed by atoms with E-state index in [2.05, 4.69) is 10.0 Å². The van der Waals surface area contributed by atoms with Crippen LogP contribution in [0.5, 0.6) is 0 Å². The van der Waals surface area contributed by atoms with Gasteiger partial charge in [0.25, 0.3) is 5.69 Å². The lowest BCUT2D eigenvalue weighted by Gasteiger charge is -2.10. The highest BCUT2D eigenvalue weighted by Gasteiger charge is 2.29. The van der Waals surface area contributed by atoms with Crippen molar-refractivity contribution in [3.63, 3.8) is 0 Å². The molecule has 8 nitrogen and oxygen atoms in total. The van der Waals surface area contributed by atoms with E-state index in [1.165, 1.54) is 13.0 Å². The second-order valence-electron chi connectivity index (χ2n) is 6.59. The molecule has 3 rings (SSSR count). The van der Waals surface area contributed by atoms with Crippen LogP contribution in [0.15, 0.2) is 41.3 Å². The first-order valence-corrected chi connectivity index (χ1v) is 10.4. The summed E-state index contributed by atoms with van der Waals surface area (Å²) in [4.78, 5) is 22.0. The van der Waals surface area contributed by atoms with Gasteiger partial charge in [0.05, 0.1) is 14.8 Å². The molecule has 10 heteroatoms. The Bertz CT molecular complexity index is 1050. The van der Waals surface area contributed by atoms with Crippen molar-refractivity contribution >= 4 is 38.9 Å². The van der Waals surface area contributed by atoms with Crippen LogP contribution < -0.4 is 10.0 Å². The van der Waals surface area contributed by atoms with Crippen LogP contribution in [0.4, 0.5) is 11.4 Å². The van der Waals surface area contributed by atoms with Crippen molar-refractivity contribution in [1.82, 2.24) is 4.72 Å². The number of amides is 1. The highest BCUT2D eigenvalue weighted by molar-refractivity contribution is 7.89. The monoisotopic (exact) mass is 423 g/mol. The molecule has 0 unspecified atom stereocenters. The van der Waals surface area contributed by atoms with E-state index in [4.69, 9.17) is 11.6 Å². The first-order chi connectivity index (χ1) is 13.2. The molecule has 0 saturated heterocycles. The van der Waals surface area contributed by atoms with Gasteiger partial charge in [-0.25, -0.2) is 13.1 Å². The van der Waals surface area contributed by atoms with Gasteiger partial charge in [0.2, 0.25) is 15.9 Å². The Morgan fingerprint density at radius 1 is 1.29 bits per heavy atom. The molecule has 0 bridgehead atoms. The Labute approximate surface area is 167 Å². The molecule has 0 radical (unpaired) electrons. The molecule has 0 aromatic heterocycles. The minimum absolute atomic E-state index is 0.000592. The summed E-state index contributed by atoms with van der Waals surface area (Å²) in [5, 5.41) is 13.9. The van der Waals surface area contributed by atoms with Crippen molar-refractivity contribution in [3.8, 4) is 0 Å². The van der Waals surface area contributed by atoms with Crippen LogP contribution >= 0.6 is 11.6 Å². The van der Waals surface area contributed by atoms with E-state index in [0.717, 1.165) is 18.9 Å². The van der Waals surface area contributed by atoms with Gasteiger partial charge in [-0.1, -0.05) is 23.7 Å². The number of rotatable bonds is 7. The highest BCUT2D eigenvalue weighted by Crippen LogP contribution is 2.31. The van der Waals surface area contributed by atoms with Gasteiger partial charge in [0.15, 0.2) is 0 Å². The lowest BCUT2D eigenvalue weighted by molar-refractivity contribution is -0.385. The van der Waals surface area contributed by atoms with Crippen LogP contribution in [0.25, 0.3) is 0 Å². The smallest absolute Gasteiger partial charge is 0.275 e. The summed E-state index contributed by atoms with van der Waals surface area (Å²) >= 11 is 5.95. The minimum Gasteiger partial charge on any atom is -0.326 e. The van der Waals surface area contributed by atoms with E-state index in [9.17, 15) is 23.3 Å². The number of carbonyl (C=O) groups is 1. The van der Waals surface area contributed by atoms with Gasteiger partial charge in [0.1, 0.15) is 0 Å². The van der Waals surface area contributed by atoms with E-state index in [0.29, 0.717) is 11.3 Å². The first kappa shape index (κ1) is 20.2. The molecule has 28 heavy (non-hydrogen) atoms. The number of benzene rings is 2. The summed E-state index contributed by atoms with van der Waals surface area (Å²) < 4.78 is 27.5. The van der Waals surface area contributed by atoms with Gasteiger partial charge >= 0.3 is 0 Å². The zero-order valence-electron chi connectivity index (χ0n) is 14.9. The number of anilines is 1. The van der Waals surface area contributed by atoms with E-state index >= 15 is 0 Å². The summed E-state index contributed by atoms with van der Waals surface area (Å²) in [6.07, 6.45) is 1.77. The van der Waals surface area contributed by atoms with Crippen LogP contribution in [0.2, 0.25) is 5.02 Å². The molecule has 1 amide bonds. The molecule has 1 aliphatic rings. The molecule has 148 valence electrons. The maximum Gasteiger partial charge on any atom is 0.275 e. The van der Waals surface area contributed by atoms with E-state index in [1.807, 2.05) is 0 Å². The molecule has 1 fully saturated rings. The normalized spacial score (nSPS) is 13.9. The number of hydrogen-bond donors (Lipinski definition) is 2. The number of nitro benzene ring substituents is 1. The predicted molar refractivity (Wildman–Crippen MR) is 105 cm³/mol. The summed E-state index contributed by atoms with van der Waals surface area (Å²) in [5.41, 5.74) is 1.05. The second-order valence-corrected chi connectivity index (χ2v) is 8.77. The van der Waals surface area contributed by atoms with Crippen LogP contribution in [0.1, 0.15) is 24.0 Å². The van der Waals surface area contributed by atoms with Crippen LogP contribution in [0, 0.1) is 23.0 Å². The van der Waals surface area contributed by atoms with E-state index < -0.39 is 14.9 Å². The lowest BCUT2D eigenvalue weighted by atomic mass is 10.2. The number of halogens is 1. The highest BCUT2D eigenvalue weighted by atomic mass is 35.5. The van der Waals surface area contributed by atoms with E-state index in [-0.39, 0.29) is 39.5 Å². The fourth-order valence-corrected chi connectivity index (χ4v) is 3.94. The van der Waals surface area contributed by atoms with Gasteiger partial charge in [-0.05, 0) is 43.5 Å². The molecule has 2 aromatic rings. The first-order valence-electron chi connectivity index (χ1n) is 8.51. The van der Waals surface area contributed by atoms with Crippen molar-refractivity contribution in [2.45, 2.75) is 31.2 Å². The third-order valence-electron chi connectivity index (χ3n) is 4.41. The average molecular weight is 424 g/mol. The van der Waals surface area contributed by atoms with Gasteiger partial charge < -0.3 is 5.32 Å². The summed E-state index contributed by atoms with van der Waals surface area (Å²) in [5.74, 6) is 0.0172. The van der Waals surface area contributed by atoms with Crippen molar-refractivity contribution < 1.29 is 18.1 Å². The molecule has 0 aliphatic heterocycles. The number of nitro groups is 1. The Morgan fingerprint density at radius 2 is 2.00 bits per heavy atom. The maximum atomic E-state index is 12.5. The predicted octanol–water partition coefficient (Wildman–Crippen LogP) is 3.38. The van der Waals surface area contributed by atoms with Gasteiger partial charge in [-0.15, -0.1) is 0 Å². The third kappa shape index (κ3) is 4.67. The summed E-state index contributed by atoms with van der Waals surface area (Å²) in [6.45, 7) is 1.40. The molecule has 0 spiro atoms. The van der Waals surface area contributed by atoms with Gasteiger partial charge in [0, 0.05) is 29.8 Å². The molecule has 1 saturated carbocycles. The quantitative estimate of drug-likeness (QED) is 0.522. The number of carbonyl (C=O) groups excluding carboxylic acids is 1. The van der Waals surface area contributed by atoms with Crippen molar-refractivity contribution in [1.29, 1.82) is 0 Å². The molecule has 0 atom stereocenters. The van der Waals surface area contributed by atoms with Gasteiger partial charge in [-0.2, -0.15) is 0 Å². The largest absolute Gasteiger partial charge is 0.326 e. The zero-order chi connectivity index (χ0) is 20.5. The average Bonchev–Trinajstić information content (AvgIpc) is 3.47.